The molecule has 4 aromatic rings. The summed E-state index contributed by atoms with van der Waals surface area (Å²) in [5, 5.41) is 18.2. The molecule has 186 valence electrons. The Morgan fingerprint density at radius 2 is 1.92 bits per heavy atom. The van der Waals surface area contributed by atoms with Crippen molar-refractivity contribution >= 4 is 16.8 Å². The van der Waals surface area contributed by atoms with E-state index in [4.69, 9.17) is 0 Å². The highest BCUT2D eigenvalue weighted by atomic mass is 16.3. The first-order valence-electron chi connectivity index (χ1n) is 13.1. The third kappa shape index (κ3) is 4.33. The number of aromatic nitrogens is 3. The highest BCUT2D eigenvalue weighted by Gasteiger charge is 2.28. The van der Waals surface area contributed by atoms with Gasteiger partial charge in [0.2, 0.25) is 0 Å². The molecule has 1 aliphatic heterocycles. The molecule has 2 aromatic heterocycles. The molecule has 3 N–H and O–H groups in total. The van der Waals surface area contributed by atoms with Crippen LogP contribution >= 0.6 is 0 Å². The number of nitrogens with zero attached hydrogens (tertiary/aromatic N) is 3. The predicted octanol–water partition coefficient (Wildman–Crippen LogP) is 4.15. The van der Waals surface area contributed by atoms with Gasteiger partial charge in [0.05, 0.1) is 24.2 Å². The first kappa shape index (κ1) is 23.0. The van der Waals surface area contributed by atoms with E-state index >= 15 is 0 Å². The zero-order valence-electron chi connectivity index (χ0n) is 20.5. The molecule has 0 bridgehead atoms. The average Bonchev–Trinajstić information content (AvgIpc) is 3.49. The van der Waals surface area contributed by atoms with Gasteiger partial charge in [0.25, 0.3) is 5.91 Å². The summed E-state index contributed by atoms with van der Waals surface area (Å²) in [6.45, 7) is 3.10. The summed E-state index contributed by atoms with van der Waals surface area (Å²) in [4.78, 5) is 21.4. The minimum Gasteiger partial charge on any atom is -0.395 e. The van der Waals surface area contributed by atoms with E-state index in [0.29, 0.717) is 12.6 Å². The topological polar surface area (TPSA) is 88.2 Å². The molecule has 6 rings (SSSR count). The summed E-state index contributed by atoms with van der Waals surface area (Å²) in [5.74, 6) is 0.109. The van der Waals surface area contributed by atoms with E-state index in [0.717, 1.165) is 79.6 Å². The van der Waals surface area contributed by atoms with Gasteiger partial charge in [0, 0.05) is 48.7 Å². The zero-order valence-corrected chi connectivity index (χ0v) is 20.5. The standard InChI is InChI=1S/C29H33N5O2/c35-16-15-34(19-20-5-2-1-3-6-20)23-11-13-33(14-12-23)29(36)21-9-10-26-25(17-21)24-8-4-7-22-18-30-32-27(22)28(24)31-26/h1-3,5-6,9-10,17-18,23,31,35H,4,7-8,11-16,19H2,(H,30,32). The lowest BCUT2D eigenvalue weighted by Crippen LogP contribution is -2.47. The molecule has 1 aliphatic carbocycles. The number of aryl methyl sites for hydroxylation is 2. The van der Waals surface area contributed by atoms with E-state index in [1.807, 2.05) is 29.3 Å². The van der Waals surface area contributed by atoms with Crippen LogP contribution < -0.4 is 0 Å². The minimum absolute atomic E-state index is 0.109. The lowest BCUT2D eigenvalue weighted by atomic mass is 10.00. The van der Waals surface area contributed by atoms with Gasteiger partial charge in [-0.05, 0) is 67.0 Å². The molecule has 0 unspecified atom stereocenters. The van der Waals surface area contributed by atoms with Gasteiger partial charge in [-0.3, -0.25) is 14.8 Å². The van der Waals surface area contributed by atoms with Crippen LogP contribution in [0.3, 0.4) is 0 Å². The maximum atomic E-state index is 13.5. The summed E-state index contributed by atoms with van der Waals surface area (Å²) in [6, 6.07) is 16.9. The quantitative estimate of drug-likeness (QED) is 0.385. The van der Waals surface area contributed by atoms with Crippen molar-refractivity contribution in [1.29, 1.82) is 0 Å². The van der Waals surface area contributed by atoms with Crippen LogP contribution in [0.1, 0.15) is 46.3 Å². The van der Waals surface area contributed by atoms with Crippen LogP contribution in [0, 0.1) is 0 Å². The summed E-state index contributed by atoms with van der Waals surface area (Å²) < 4.78 is 0. The number of aliphatic hydroxyl groups is 1. The molecule has 3 heterocycles. The molecule has 1 fully saturated rings. The first-order chi connectivity index (χ1) is 17.7. The number of hydrogen-bond donors (Lipinski definition) is 3. The minimum atomic E-state index is 0.109. The molecule has 0 atom stereocenters. The highest BCUT2D eigenvalue weighted by molar-refractivity contribution is 6.00. The van der Waals surface area contributed by atoms with Crippen LogP contribution in [0.5, 0.6) is 0 Å². The summed E-state index contributed by atoms with van der Waals surface area (Å²) in [6.07, 6.45) is 6.84. The molecule has 0 saturated carbocycles. The van der Waals surface area contributed by atoms with Crippen molar-refractivity contribution < 1.29 is 9.90 Å². The first-order valence-corrected chi connectivity index (χ1v) is 13.1. The van der Waals surface area contributed by atoms with Crippen LogP contribution in [-0.4, -0.2) is 68.3 Å². The maximum Gasteiger partial charge on any atom is 0.253 e. The molecular formula is C29H33N5O2. The lowest BCUT2D eigenvalue weighted by Gasteiger charge is -2.38. The van der Waals surface area contributed by atoms with Crippen molar-refractivity contribution in [3.05, 3.63) is 77.0 Å². The van der Waals surface area contributed by atoms with Crippen LogP contribution in [0.25, 0.3) is 22.3 Å². The average molecular weight is 484 g/mol. The number of fused-ring (bicyclic) bond motifs is 5. The van der Waals surface area contributed by atoms with Crippen molar-refractivity contribution in [2.45, 2.75) is 44.7 Å². The van der Waals surface area contributed by atoms with Gasteiger partial charge in [0.1, 0.15) is 0 Å². The predicted molar refractivity (Wildman–Crippen MR) is 141 cm³/mol. The Hall–Kier alpha value is -3.42. The molecule has 2 aromatic carbocycles. The summed E-state index contributed by atoms with van der Waals surface area (Å²) in [7, 11) is 0. The third-order valence-corrected chi connectivity index (χ3v) is 7.88. The van der Waals surface area contributed by atoms with Crippen molar-refractivity contribution in [2.75, 3.05) is 26.2 Å². The largest absolute Gasteiger partial charge is 0.395 e. The number of amides is 1. The number of carbonyl (C=O) groups excluding carboxylic acids is 1. The molecule has 36 heavy (non-hydrogen) atoms. The van der Waals surface area contributed by atoms with Crippen molar-refractivity contribution in [3.8, 4) is 11.4 Å². The smallest absolute Gasteiger partial charge is 0.253 e. The van der Waals surface area contributed by atoms with Gasteiger partial charge in [-0.1, -0.05) is 30.3 Å². The van der Waals surface area contributed by atoms with E-state index in [-0.39, 0.29) is 12.5 Å². The van der Waals surface area contributed by atoms with Crippen molar-refractivity contribution in [2.24, 2.45) is 0 Å². The Labute approximate surface area is 211 Å². The Morgan fingerprint density at radius 1 is 1.08 bits per heavy atom. The summed E-state index contributed by atoms with van der Waals surface area (Å²) >= 11 is 0. The van der Waals surface area contributed by atoms with Gasteiger partial charge in [-0.25, -0.2) is 0 Å². The number of H-pyrrole nitrogens is 2. The van der Waals surface area contributed by atoms with Gasteiger partial charge >= 0.3 is 0 Å². The Bertz CT molecular complexity index is 1350. The molecule has 1 amide bonds. The van der Waals surface area contributed by atoms with E-state index < -0.39 is 0 Å². The van der Waals surface area contributed by atoms with E-state index in [9.17, 15) is 9.90 Å². The second kappa shape index (κ2) is 9.91. The zero-order chi connectivity index (χ0) is 24.5. The molecule has 0 radical (unpaired) electrons. The van der Waals surface area contributed by atoms with Crippen LogP contribution in [-0.2, 0) is 19.4 Å². The molecule has 7 nitrogen and oxygen atoms in total. The van der Waals surface area contributed by atoms with Crippen LogP contribution in [0.4, 0.5) is 0 Å². The van der Waals surface area contributed by atoms with Gasteiger partial charge in [0.15, 0.2) is 0 Å². The Morgan fingerprint density at radius 3 is 2.72 bits per heavy atom. The fraction of sp³-hybridized carbons (Fsp3) is 0.379. The highest BCUT2D eigenvalue weighted by Crippen LogP contribution is 2.36. The summed E-state index contributed by atoms with van der Waals surface area (Å²) in [5.41, 5.74) is 7.81. The normalized spacial score (nSPS) is 16.2. The van der Waals surface area contributed by atoms with Crippen LogP contribution in [0.15, 0.2) is 54.7 Å². The van der Waals surface area contributed by atoms with Crippen molar-refractivity contribution in [3.63, 3.8) is 0 Å². The number of aromatic amines is 2. The Balaban J connectivity index is 1.17. The number of hydrogen-bond acceptors (Lipinski definition) is 4. The molecule has 1 saturated heterocycles. The maximum absolute atomic E-state index is 13.5. The second-order valence-corrected chi connectivity index (χ2v) is 10.1. The van der Waals surface area contributed by atoms with E-state index in [1.54, 1.807) is 0 Å². The Kier molecular flexibility index (Phi) is 6.34. The molecule has 2 aliphatic rings. The molecule has 7 heteroatoms. The number of benzene rings is 2. The number of aliphatic hydroxyl groups excluding tert-OH is 1. The van der Waals surface area contributed by atoms with Crippen molar-refractivity contribution in [1.82, 2.24) is 25.0 Å². The fourth-order valence-electron chi connectivity index (χ4n) is 5.98. The van der Waals surface area contributed by atoms with Gasteiger partial charge in [-0.2, -0.15) is 5.10 Å². The van der Waals surface area contributed by atoms with Gasteiger partial charge in [-0.15, -0.1) is 0 Å². The molecule has 0 spiro atoms. The van der Waals surface area contributed by atoms with Gasteiger partial charge < -0.3 is 15.0 Å². The molecular weight excluding hydrogens is 450 g/mol. The second-order valence-electron chi connectivity index (χ2n) is 10.1. The fourth-order valence-corrected chi connectivity index (χ4v) is 5.98. The lowest BCUT2D eigenvalue weighted by molar-refractivity contribution is 0.0573. The van der Waals surface area contributed by atoms with Crippen LogP contribution in [0.2, 0.25) is 0 Å². The number of piperidine rings is 1. The van der Waals surface area contributed by atoms with E-state index in [2.05, 4.69) is 50.4 Å². The third-order valence-electron chi connectivity index (χ3n) is 7.88. The number of rotatable bonds is 6. The SMILES string of the molecule is O=C(c1ccc2[nH]c3c(c2c1)CCCc1cn[nH]c1-3)N1CCC(N(CCO)Cc2ccccc2)CC1. The number of likely N-dealkylation sites (tertiary alicyclic amines) is 1. The number of carbonyl (C=O) groups is 1. The number of nitrogens with one attached hydrogen (secondary N) is 2. The van der Waals surface area contributed by atoms with E-state index in [1.165, 1.54) is 16.7 Å². The monoisotopic (exact) mass is 483 g/mol.